The first kappa shape index (κ1) is 27.7. The third kappa shape index (κ3) is 9.75. The van der Waals surface area contributed by atoms with Gasteiger partial charge in [0.05, 0.1) is 18.7 Å². The van der Waals surface area contributed by atoms with Gasteiger partial charge in [-0.05, 0) is 44.7 Å². The van der Waals surface area contributed by atoms with Crippen LogP contribution in [0.3, 0.4) is 0 Å². The maximum Gasteiger partial charge on any atom is 0.305 e. The first-order valence-electron chi connectivity index (χ1n) is 11.2. The molecule has 178 valence electrons. The minimum atomic E-state index is -0.863. The molecule has 0 spiro atoms. The number of nitrogens with zero attached hydrogens (tertiary/aromatic N) is 3. The minimum absolute atomic E-state index is 0.00196. The van der Waals surface area contributed by atoms with Gasteiger partial charge in [-0.15, -0.1) is 6.58 Å². The maximum atomic E-state index is 10.4. The van der Waals surface area contributed by atoms with Crippen molar-refractivity contribution >= 4 is 17.2 Å². The van der Waals surface area contributed by atoms with E-state index in [-0.39, 0.29) is 19.6 Å². The lowest BCUT2D eigenvalue weighted by Gasteiger charge is -2.18. The average molecular weight is 454 g/mol. The smallest absolute Gasteiger partial charge is 0.305 e. The number of ether oxygens (including phenoxy) is 1. The standard InChI is InChI=1S/C22H28N2O4.C3H6.CHN/c1-2-17-15-24(21-10-6-5-9-20(17)21)12-7-3-4-8-18-14-19(28-23-18)16-27-13-11-22(25)26;1-3-2;1-2/h2,5-6,9-10,14H,3-4,7-8,11-13,15-16H2,1H3,(H,25,26);3H,1H2,2H3;1H/b17-2+;;. The van der Waals surface area contributed by atoms with Crippen LogP contribution in [0.25, 0.3) is 5.57 Å². The molecule has 0 saturated heterocycles. The van der Waals surface area contributed by atoms with Crippen molar-refractivity contribution in [1.82, 2.24) is 5.16 Å². The predicted molar refractivity (Wildman–Crippen MR) is 131 cm³/mol. The molecule has 0 aliphatic carbocycles. The number of nitriles is 1. The fraction of sp³-hybridized carbons (Fsp3) is 0.423. The Hall–Kier alpha value is -3.37. The molecule has 0 atom stereocenters. The summed E-state index contributed by atoms with van der Waals surface area (Å²) in [5.41, 5.74) is 5.06. The number of aryl methyl sites for hydroxylation is 1. The van der Waals surface area contributed by atoms with E-state index in [0.717, 1.165) is 44.5 Å². The van der Waals surface area contributed by atoms with Crippen LogP contribution in [0.2, 0.25) is 0 Å². The summed E-state index contributed by atoms with van der Waals surface area (Å²) in [6, 6.07) is 10.5. The number of hydrogen-bond acceptors (Lipinski definition) is 6. The van der Waals surface area contributed by atoms with Crippen LogP contribution >= 0.6 is 0 Å². The van der Waals surface area contributed by atoms with Crippen LogP contribution in [0.1, 0.15) is 56.5 Å². The van der Waals surface area contributed by atoms with E-state index in [2.05, 4.69) is 60.5 Å². The number of benzene rings is 1. The number of para-hydroxylation sites is 1. The Morgan fingerprint density at radius 1 is 1.30 bits per heavy atom. The van der Waals surface area contributed by atoms with Gasteiger partial charge in [0.1, 0.15) is 6.61 Å². The van der Waals surface area contributed by atoms with E-state index in [1.165, 1.54) is 16.8 Å². The summed E-state index contributed by atoms with van der Waals surface area (Å²) in [5.74, 6) is -0.217. The molecule has 2 aromatic rings. The van der Waals surface area contributed by atoms with E-state index >= 15 is 0 Å². The number of rotatable bonds is 11. The van der Waals surface area contributed by atoms with E-state index in [4.69, 9.17) is 19.6 Å². The second-order valence-corrected chi connectivity index (χ2v) is 7.45. The number of carboxylic acid groups (broad SMARTS) is 1. The fourth-order valence-corrected chi connectivity index (χ4v) is 3.50. The highest BCUT2D eigenvalue weighted by atomic mass is 16.5. The van der Waals surface area contributed by atoms with Crippen molar-refractivity contribution in [2.45, 2.75) is 52.6 Å². The van der Waals surface area contributed by atoms with Gasteiger partial charge in [-0.3, -0.25) is 4.79 Å². The Morgan fingerprint density at radius 2 is 2.03 bits per heavy atom. The molecular formula is C26H35N3O4. The first-order chi connectivity index (χ1) is 16.1. The Kier molecular flexibility index (Phi) is 13.7. The van der Waals surface area contributed by atoms with E-state index < -0.39 is 5.97 Å². The molecule has 7 heteroatoms. The number of unbranched alkanes of at least 4 members (excludes halogenated alkanes) is 2. The van der Waals surface area contributed by atoms with Gasteiger partial charge in [-0.2, -0.15) is 0 Å². The van der Waals surface area contributed by atoms with Crippen LogP contribution in [0.15, 0.2) is 53.6 Å². The summed E-state index contributed by atoms with van der Waals surface area (Å²) in [4.78, 5) is 12.9. The van der Waals surface area contributed by atoms with Crippen molar-refractivity contribution in [3.63, 3.8) is 0 Å². The Bertz CT molecular complexity index is 902. The molecule has 1 aromatic heterocycles. The highest BCUT2D eigenvalue weighted by molar-refractivity contribution is 5.85. The fourth-order valence-electron chi connectivity index (χ4n) is 3.50. The molecule has 1 aliphatic rings. The van der Waals surface area contributed by atoms with Gasteiger partial charge in [0, 0.05) is 37.0 Å². The van der Waals surface area contributed by atoms with Crippen LogP contribution in [0.4, 0.5) is 5.69 Å². The van der Waals surface area contributed by atoms with Crippen molar-refractivity contribution in [2.24, 2.45) is 0 Å². The van der Waals surface area contributed by atoms with Gasteiger partial charge in [0.25, 0.3) is 0 Å². The van der Waals surface area contributed by atoms with Gasteiger partial charge in [-0.1, -0.05) is 41.9 Å². The highest BCUT2D eigenvalue weighted by Crippen LogP contribution is 2.35. The minimum Gasteiger partial charge on any atom is -0.481 e. The lowest BCUT2D eigenvalue weighted by atomic mass is 10.1. The molecule has 3 rings (SSSR count). The molecule has 1 aliphatic heterocycles. The third-order valence-corrected chi connectivity index (χ3v) is 4.97. The molecule has 1 aromatic carbocycles. The second kappa shape index (κ2) is 16.3. The quantitative estimate of drug-likeness (QED) is 0.347. The molecule has 0 saturated carbocycles. The monoisotopic (exact) mass is 453 g/mol. The van der Waals surface area contributed by atoms with Gasteiger partial charge >= 0.3 is 5.97 Å². The van der Waals surface area contributed by atoms with Crippen LogP contribution in [-0.2, 0) is 22.6 Å². The molecule has 1 N–H and O–H groups in total. The van der Waals surface area contributed by atoms with Gasteiger partial charge in [0.15, 0.2) is 5.76 Å². The number of aromatic nitrogens is 1. The zero-order valence-electron chi connectivity index (χ0n) is 19.7. The van der Waals surface area contributed by atoms with Crippen LogP contribution in [0.5, 0.6) is 0 Å². The summed E-state index contributed by atoms with van der Waals surface area (Å²) in [6.45, 7) is 13.4. The summed E-state index contributed by atoms with van der Waals surface area (Å²) in [7, 11) is 0. The van der Waals surface area contributed by atoms with Crippen molar-refractivity contribution in [3.05, 3.63) is 66.1 Å². The van der Waals surface area contributed by atoms with Gasteiger partial charge < -0.3 is 19.3 Å². The zero-order valence-corrected chi connectivity index (χ0v) is 19.7. The first-order valence-corrected chi connectivity index (χ1v) is 11.2. The summed E-state index contributed by atoms with van der Waals surface area (Å²) < 4.78 is 10.5. The third-order valence-electron chi connectivity index (χ3n) is 4.97. The number of carbonyl (C=O) groups is 1. The Morgan fingerprint density at radius 3 is 2.73 bits per heavy atom. The van der Waals surface area contributed by atoms with E-state index in [9.17, 15) is 4.79 Å². The maximum absolute atomic E-state index is 10.4. The van der Waals surface area contributed by atoms with Crippen molar-refractivity contribution < 1.29 is 19.2 Å². The van der Waals surface area contributed by atoms with Crippen LogP contribution in [0, 0.1) is 11.8 Å². The largest absolute Gasteiger partial charge is 0.481 e. The van der Waals surface area contributed by atoms with E-state index in [1.807, 2.05) is 13.0 Å². The number of fused-ring (bicyclic) bond motifs is 1. The molecule has 33 heavy (non-hydrogen) atoms. The van der Waals surface area contributed by atoms with Crippen LogP contribution < -0.4 is 4.90 Å². The Labute approximate surface area is 197 Å². The zero-order chi connectivity index (χ0) is 24.5. The molecule has 0 unspecified atom stereocenters. The second-order valence-electron chi connectivity index (χ2n) is 7.45. The molecule has 0 amide bonds. The van der Waals surface area contributed by atoms with E-state index in [1.54, 1.807) is 6.08 Å². The summed E-state index contributed by atoms with van der Waals surface area (Å²) in [5, 5.41) is 19.1. The van der Waals surface area contributed by atoms with Gasteiger partial charge in [-0.25, -0.2) is 5.26 Å². The molecular weight excluding hydrogens is 418 g/mol. The number of anilines is 1. The number of aliphatic carboxylic acids is 1. The summed E-state index contributed by atoms with van der Waals surface area (Å²) >= 11 is 0. The molecule has 0 fully saturated rings. The molecule has 7 nitrogen and oxygen atoms in total. The topological polar surface area (TPSA) is 99.6 Å². The number of allylic oxidation sites excluding steroid dienone is 2. The highest BCUT2D eigenvalue weighted by Gasteiger charge is 2.21. The van der Waals surface area contributed by atoms with Crippen LogP contribution in [-0.4, -0.2) is 35.9 Å². The normalized spacial score (nSPS) is 12.8. The number of hydrogen-bond donors (Lipinski definition) is 1. The molecule has 0 bridgehead atoms. The Balaban J connectivity index is 0.00000101. The SMILES string of the molecule is C#N.C/C=C1\CN(CCCCCc2cc(COCCC(=O)O)on2)c2ccccc21.C=CC. The molecule has 2 heterocycles. The van der Waals surface area contributed by atoms with Gasteiger partial charge in [0.2, 0.25) is 0 Å². The van der Waals surface area contributed by atoms with Crippen molar-refractivity contribution in [3.8, 4) is 6.57 Å². The van der Waals surface area contributed by atoms with E-state index in [0.29, 0.717) is 5.76 Å². The molecule has 0 radical (unpaired) electrons. The summed E-state index contributed by atoms with van der Waals surface area (Å²) in [6.07, 6.45) is 8.20. The predicted octanol–water partition coefficient (Wildman–Crippen LogP) is 5.63. The average Bonchev–Trinajstić information content (AvgIpc) is 3.43. The lowest BCUT2D eigenvalue weighted by Crippen LogP contribution is -2.21. The van der Waals surface area contributed by atoms with Crippen molar-refractivity contribution in [2.75, 3.05) is 24.6 Å². The lowest BCUT2D eigenvalue weighted by molar-refractivity contribution is -0.138. The van der Waals surface area contributed by atoms with Crippen molar-refractivity contribution in [1.29, 1.82) is 5.26 Å². The number of carboxylic acids is 1.